The number of halogens is 1. The number of nitrogens with one attached hydrogen (secondary N) is 2. The van der Waals surface area contributed by atoms with E-state index in [1.54, 1.807) is 18.2 Å². The Balaban J connectivity index is 0.00000364. The molecule has 9 heteroatoms. The quantitative estimate of drug-likeness (QED) is 0.334. The van der Waals surface area contributed by atoms with Gasteiger partial charge >= 0.3 is 0 Å². The molecule has 1 aromatic carbocycles. The molecule has 1 aliphatic rings. The molecule has 0 aromatic heterocycles. The Hall–Kier alpha value is -0.910. The second-order valence-corrected chi connectivity index (χ2v) is 8.05. The van der Waals surface area contributed by atoms with Crippen molar-refractivity contribution in [2.24, 2.45) is 4.99 Å². The first-order valence-corrected chi connectivity index (χ1v) is 10.7. The van der Waals surface area contributed by atoms with Crippen LogP contribution in [0.25, 0.3) is 0 Å². The molecule has 2 N–H and O–H groups in total. The molecule has 0 amide bonds. The Labute approximate surface area is 180 Å². The minimum atomic E-state index is -3.44. The van der Waals surface area contributed by atoms with E-state index in [9.17, 15) is 8.42 Å². The summed E-state index contributed by atoms with van der Waals surface area (Å²) in [7, 11) is -2.03. The summed E-state index contributed by atoms with van der Waals surface area (Å²) >= 11 is 0. The number of guanidine groups is 1. The molecule has 0 aliphatic carbocycles. The highest BCUT2D eigenvalue weighted by molar-refractivity contribution is 14.0. The van der Waals surface area contributed by atoms with E-state index < -0.39 is 10.0 Å². The summed E-state index contributed by atoms with van der Waals surface area (Å²) in [5, 5.41) is 3.33. The Kier molecular flexibility index (Phi) is 10.6. The average molecular weight is 510 g/mol. The van der Waals surface area contributed by atoms with E-state index in [-0.39, 0.29) is 28.9 Å². The van der Waals surface area contributed by atoms with Crippen LogP contribution in [0.5, 0.6) is 0 Å². The maximum absolute atomic E-state index is 11.9. The molecule has 1 heterocycles. The Morgan fingerprint density at radius 2 is 2.00 bits per heavy atom. The van der Waals surface area contributed by atoms with Gasteiger partial charge in [-0.1, -0.05) is 12.1 Å². The van der Waals surface area contributed by atoms with Gasteiger partial charge in [0.05, 0.1) is 17.5 Å². The molecule has 1 aliphatic heterocycles. The molecule has 154 valence electrons. The lowest BCUT2D eigenvalue weighted by Crippen LogP contribution is -2.47. The van der Waals surface area contributed by atoms with Crippen molar-refractivity contribution in [1.82, 2.24) is 14.9 Å². The summed E-state index contributed by atoms with van der Waals surface area (Å²) in [6.45, 7) is 7.86. The van der Waals surface area contributed by atoms with Crippen LogP contribution in [0.1, 0.15) is 32.3 Å². The normalized spacial score (nSPS) is 16.1. The third kappa shape index (κ3) is 7.20. The highest BCUT2D eigenvalue weighted by Gasteiger charge is 2.21. The number of sulfonamides is 1. The molecule has 7 nitrogen and oxygen atoms in total. The topological polar surface area (TPSA) is 83.0 Å². The highest BCUT2D eigenvalue weighted by Crippen LogP contribution is 2.15. The van der Waals surface area contributed by atoms with Gasteiger partial charge < -0.3 is 15.0 Å². The minimum Gasteiger partial charge on any atom is -0.378 e. The molecule has 1 aromatic rings. The average Bonchev–Trinajstić information content (AvgIpc) is 2.66. The lowest BCUT2D eigenvalue weighted by molar-refractivity contribution is 0.0263. The molecular weight excluding hydrogens is 479 g/mol. The first-order chi connectivity index (χ1) is 12.5. The number of aliphatic imine (C=N–C) groups is 1. The van der Waals surface area contributed by atoms with Gasteiger partial charge in [0.25, 0.3) is 0 Å². The SMILES string of the molecule is CCNC(=NCc1cccc(S(=O)(=O)NC)c1)N1CCC(OCC)CC1.I. The highest BCUT2D eigenvalue weighted by atomic mass is 127. The molecule has 0 radical (unpaired) electrons. The second kappa shape index (κ2) is 11.8. The maximum atomic E-state index is 11.9. The number of ether oxygens (including phenoxy) is 1. The number of rotatable bonds is 7. The van der Waals surface area contributed by atoms with Crippen LogP contribution in [-0.2, 0) is 21.3 Å². The molecule has 0 spiro atoms. The van der Waals surface area contributed by atoms with Crippen molar-refractivity contribution in [2.45, 2.75) is 44.2 Å². The van der Waals surface area contributed by atoms with Gasteiger partial charge in [0.1, 0.15) is 0 Å². The predicted octanol–water partition coefficient (Wildman–Crippen LogP) is 2.18. The zero-order valence-electron chi connectivity index (χ0n) is 16.3. The van der Waals surface area contributed by atoms with E-state index in [1.807, 2.05) is 19.9 Å². The van der Waals surface area contributed by atoms with Crippen molar-refractivity contribution >= 4 is 40.0 Å². The van der Waals surface area contributed by atoms with Crippen LogP contribution in [0, 0.1) is 0 Å². The van der Waals surface area contributed by atoms with Crippen LogP contribution in [0.2, 0.25) is 0 Å². The third-order valence-corrected chi connectivity index (χ3v) is 5.78. The fraction of sp³-hybridized carbons (Fsp3) is 0.611. The summed E-state index contributed by atoms with van der Waals surface area (Å²) in [4.78, 5) is 7.21. The molecule has 2 rings (SSSR count). The van der Waals surface area contributed by atoms with Gasteiger partial charge in [-0.05, 0) is 51.4 Å². The lowest BCUT2D eigenvalue weighted by Gasteiger charge is -2.34. The van der Waals surface area contributed by atoms with Crippen molar-refractivity contribution < 1.29 is 13.2 Å². The van der Waals surface area contributed by atoms with Crippen LogP contribution < -0.4 is 10.0 Å². The molecule has 0 atom stereocenters. The van der Waals surface area contributed by atoms with Gasteiger partial charge in [-0.2, -0.15) is 0 Å². The van der Waals surface area contributed by atoms with Gasteiger partial charge in [0.15, 0.2) is 5.96 Å². The summed E-state index contributed by atoms with van der Waals surface area (Å²) in [6, 6.07) is 6.89. The number of nitrogens with zero attached hydrogens (tertiary/aromatic N) is 2. The van der Waals surface area contributed by atoms with Crippen LogP contribution in [0.15, 0.2) is 34.2 Å². The smallest absolute Gasteiger partial charge is 0.240 e. The molecular formula is C18H31IN4O3S. The first-order valence-electron chi connectivity index (χ1n) is 9.17. The van der Waals surface area contributed by atoms with Crippen molar-refractivity contribution in [3.05, 3.63) is 29.8 Å². The summed E-state index contributed by atoms with van der Waals surface area (Å²) in [5.74, 6) is 0.865. The van der Waals surface area contributed by atoms with Crippen LogP contribution in [0.4, 0.5) is 0 Å². The zero-order chi connectivity index (χ0) is 19.0. The van der Waals surface area contributed by atoms with Crippen LogP contribution in [0.3, 0.4) is 0 Å². The number of piperidine rings is 1. The fourth-order valence-electron chi connectivity index (χ4n) is 2.99. The summed E-state index contributed by atoms with van der Waals surface area (Å²) in [5.41, 5.74) is 0.862. The van der Waals surface area contributed by atoms with Gasteiger partial charge in [0.2, 0.25) is 10.0 Å². The number of hydrogen-bond acceptors (Lipinski definition) is 4. The zero-order valence-corrected chi connectivity index (χ0v) is 19.4. The number of likely N-dealkylation sites (tertiary alicyclic amines) is 1. The second-order valence-electron chi connectivity index (χ2n) is 6.17. The number of hydrogen-bond donors (Lipinski definition) is 2. The Morgan fingerprint density at radius 1 is 1.30 bits per heavy atom. The molecule has 0 bridgehead atoms. The third-order valence-electron chi connectivity index (χ3n) is 4.37. The van der Waals surface area contributed by atoms with Crippen LogP contribution >= 0.6 is 24.0 Å². The number of benzene rings is 1. The fourth-order valence-corrected chi connectivity index (χ4v) is 3.79. The van der Waals surface area contributed by atoms with Crippen LogP contribution in [-0.4, -0.2) is 58.7 Å². The first kappa shape index (κ1) is 24.1. The summed E-state index contributed by atoms with van der Waals surface area (Å²) in [6.07, 6.45) is 2.32. The van der Waals surface area contributed by atoms with Crippen molar-refractivity contribution in [3.8, 4) is 0 Å². The van der Waals surface area contributed by atoms with Crippen molar-refractivity contribution in [2.75, 3.05) is 33.3 Å². The van der Waals surface area contributed by atoms with E-state index in [2.05, 4.69) is 14.9 Å². The standard InChI is InChI=1S/C18H30N4O3S.HI/c1-4-20-18(22-11-9-16(10-12-22)25-5-2)21-14-15-7-6-8-17(13-15)26(23,24)19-3;/h6-8,13,16,19H,4-5,9-12,14H2,1-3H3,(H,20,21);1H. The monoisotopic (exact) mass is 510 g/mol. The van der Waals surface area contributed by atoms with Gasteiger partial charge in [-0.15, -0.1) is 24.0 Å². The molecule has 1 fully saturated rings. The Bertz CT molecular complexity index is 704. The summed E-state index contributed by atoms with van der Waals surface area (Å²) < 4.78 is 31.9. The van der Waals surface area contributed by atoms with Crippen molar-refractivity contribution in [3.63, 3.8) is 0 Å². The van der Waals surface area contributed by atoms with E-state index in [1.165, 1.54) is 7.05 Å². The van der Waals surface area contributed by atoms with E-state index >= 15 is 0 Å². The van der Waals surface area contributed by atoms with Crippen molar-refractivity contribution in [1.29, 1.82) is 0 Å². The molecule has 1 saturated heterocycles. The largest absolute Gasteiger partial charge is 0.378 e. The van der Waals surface area contributed by atoms with E-state index in [0.29, 0.717) is 12.6 Å². The van der Waals surface area contributed by atoms with E-state index in [0.717, 1.165) is 50.6 Å². The Morgan fingerprint density at radius 3 is 2.59 bits per heavy atom. The van der Waals surface area contributed by atoms with Gasteiger partial charge in [-0.25, -0.2) is 18.1 Å². The minimum absolute atomic E-state index is 0. The van der Waals surface area contributed by atoms with Gasteiger partial charge in [0, 0.05) is 26.2 Å². The maximum Gasteiger partial charge on any atom is 0.240 e. The van der Waals surface area contributed by atoms with E-state index in [4.69, 9.17) is 9.73 Å². The molecule has 0 unspecified atom stereocenters. The lowest BCUT2D eigenvalue weighted by atomic mass is 10.1. The molecule has 0 saturated carbocycles. The van der Waals surface area contributed by atoms with Gasteiger partial charge in [-0.3, -0.25) is 0 Å². The predicted molar refractivity (Wildman–Crippen MR) is 119 cm³/mol. The molecule has 27 heavy (non-hydrogen) atoms.